The minimum Gasteiger partial charge on any atom is -0.389 e. The molecule has 0 heterocycles. The molecule has 3 saturated carbocycles. The fraction of sp³-hybridized carbons (Fsp3) is 0.800. The second kappa shape index (κ2) is 4.56. The van der Waals surface area contributed by atoms with E-state index >= 15 is 0 Å². The first-order valence-electron chi connectivity index (χ1n) is 9.23. The number of hydrogen-bond acceptors (Lipinski definition) is 3. The fourth-order valence-electron chi connectivity index (χ4n) is 6.62. The highest BCUT2D eigenvalue weighted by molar-refractivity contribution is 5.92. The second-order valence-electron chi connectivity index (χ2n) is 9.06. The van der Waals surface area contributed by atoms with E-state index < -0.39 is 5.60 Å². The van der Waals surface area contributed by atoms with Crippen molar-refractivity contribution in [3.63, 3.8) is 0 Å². The van der Waals surface area contributed by atoms with Gasteiger partial charge in [-0.2, -0.15) is 0 Å². The van der Waals surface area contributed by atoms with Crippen LogP contribution in [-0.2, 0) is 9.59 Å². The largest absolute Gasteiger partial charge is 0.389 e. The van der Waals surface area contributed by atoms with Crippen LogP contribution in [0.25, 0.3) is 0 Å². The van der Waals surface area contributed by atoms with Gasteiger partial charge >= 0.3 is 0 Å². The molecule has 3 nitrogen and oxygen atoms in total. The van der Waals surface area contributed by atoms with Crippen molar-refractivity contribution in [1.29, 1.82) is 0 Å². The molecule has 4 aliphatic carbocycles. The van der Waals surface area contributed by atoms with Crippen molar-refractivity contribution in [2.45, 2.75) is 71.3 Å². The highest BCUT2D eigenvalue weighted by Crippen LogP contribution is 2.66. The van der Waals surface area contributed by atoms with Gasteiger partial charge in [0.1, 0.15) is 5.78 Å². The number of hydrogen-bond donors (Lipinski definition) is 1. The van der Waals surface area contributed by atoms with Crippen molar-refractivity contribution in [2.24, 2.45) is 28.6 Å². The topological polar surface area (TPSA) is 54.4 Å². The number of Topliss-reactive ketones (excluding diaryl/α,β-unsaturated/α-hetero) is 1. The van der Waals surface area contributed by atoms with E-state index in [-0.39, 0.29) is 28.4 Å². The summed E-state index contributed by atoms with van der Waals surface area (Å²) in [6, 6.07) is 0. The van der Waals surface area contributed by atoms with Crippen molar-refractivity contribution >= 4 is 11.6 Å². The molecule has 0 spiro atoms. The maximum atomic E-state index is 12.7. The van der Waals surface area contributed by atoms with Gasteiger partial charge in [-0.05, 0) is 56.4 Å². The van der Waals surface area contributed by atoms with E-state index in [4.69, 9.17) is 0 Å². The number of carbonyl (C=O) groups excluding carboxylic acids is 2. The quantitative estimate of drug-likeness (QED) is 0.745. The zero-order valence-electron chi connectivity index (χ0n) is 14.5. The van der Waals surface area contributed by atoms with Gasteiger partial charge in [-0.3, -0.25) is 9.59 Å². The first kappa shape index (κ1) is 15.6. The molecule has 4 aliphatic rings. The predicted octanol–water partition coefficient (Wildman–Crippen LogP) is 3.45. The molecule has 0 radical (unpaired) electrons. The third-order valence-electron chi connectivity index (χ3n) is 8.16. The first-order chi connectivity index (χ1) is 10.7. The summed E-state index contributed by atoms with van der Waals surface area (Å²) in [6.45, 7) is 6.36. The van der Waals surface area contributed by atoms with Crippen LogP contribution in [0.1, 0.15) is 65.7 Å². The zero-order valence-corrected chi connectivity index (χ0v) is 14.5. The molecule has 6 atom stereocenters. The molecule has 1 N–H and O–H groups in total. The van der Waals surface area contributed by atoms with E-state index in [1.807, 2.05) is 6.08 Å². The van der Waals surface area contributed by atoms with Crippen LogP contribution in [0.2, 0.25) is 0 Å². The van der Waals surface area contributed by atoms with E-state index in [9.17, 15) is 14.7 Å². The van der Waals surface area contributed by atoms with Gasteiger partial charge in [-0.1, -0.05) is 26.3 Å². The van der Waals surface area contributed by atoms with Crippen LogP contribution < -0.4 is 0 Å². The van der Waals surface area contributed by atoms with Crippen LogP contribution in [0.3, 0.4) is 0 Å². The molecule has 0 aromatic carbocycles. The van der Waals surface area contributed by atoms with Crippen molar-refractivity contribution in [3.05, 3.63) is 11.6 Å². The summed E-state index contributed by atoms with van der Waals surface area (Å²) in [7, 11) is 0. The van der Waals surface area contributed by atoms with Crippen LogP contribution in [0.4, 0.5) is 0 Å². The number of rotatable bonds is 0. The van der Waals surface area contributed by atoms with E-state index in [1.165, 1.54) is 0 Å². The first-order valence-corrected chi connectivity index (χ1v) is 9.23. The summed E-state index contributed by atoms with van der Waals surface area (Å²) in [5.74, 6) is 1.26. The lowest BCUT2D eigenvalue weighted by Crippen LogP contribution is -2.63. The van der Waals surface area contributed by atoms with Crippen LogP contribution in [0, 0.1) is 28.6 Å². The molecule has 23 heavy (non-hydrogen) atoms. The summed E-state index contributed by atoms with van der Waals surface area (Å²) < 4.78 is 0. The zero-order chi connectivity index (χ0) is 16.6. The van der Waals surface area contributed by atoms with E-state index in [0.29, 0.717) is 24.5 Å². The van der Waals surface area contributed by atoms with E-state index in [1.54, 1.807) is 0 Å². The standard InChI is InChI=1S/C20H28O3/c1-12-10-16-15-5-4-13-11-14(21)6-7-19(13,3)20(15,23)9-8-18(16,2)17(12)22/h11-12,15-16,23H,4-10H2,1-3H3/t12?,15-,16-,18-,19-,20-/m0/s1. The van der Waals surface area contributed by atoms with Crippen LogP contribution in [0.15, 0.2) is 11.6 Å². The second-order valence-corrected chi connectivity index (χ2v) is 9.06. The SMILES string of the molecule is CC1C[C@H]2[C@@H]3CCC4=CC(=O)CC[C@]4(C)[C@]3(O)CC[C@]2(C)C1=O. The lowest BCUT2D eigenvalue weighted by Gasteiger charge is -2.61. The molecule has 3 heteroatoms. The minimum atomic E-state index is -0.744. The van der Waals surface area contributed by atoms with Crippen molar-refractivity contribution < 1.29 is 14.7 Å². The van der Waals surface area contributed by atoms with Crippen molar-refractivity contribution in [1.82, 2.24) is 0 Å². The van der Waals surface area contributed by atoms with Crippen molar-refractivity contribution in [3.8, 4) is 0 Å². The molecule has 0 aromatic rings. The van der Waals surface area contributed by atoms with Crippen LogP contribution >= 0.6 is 0 Å². The minimum absolute atomic E-state index is 0.130. The summed E-state index contributed by atoms with van der Waals surface area (Å²) in [5, 5.41) is 11.8. The Balaban J connectivity index is 1.77. The molecular formula is C20H28O3. The Morgan fingerprint density at radius 3 is 2.57 bits per heavy atom. The van der Waals surface area contributed by atoms with Crippen LogP contribution in [-0.4, -0.2) is 22.3 Å². The highest BCUT2D eigenvalue weighted by Gasteiger charge is 2.66. The molecule has 0 bridgehead atoms. The number of ketones is 2. The van der Waals surface area contributed by atoms with Gasteiger partial charge in [-0.25, -0.2) is 0 Å². The molecule has 0 aromatic heterocycles. The summed E-state index contributed by atoms with van der Waals surface area (Å²) in [5.41, 5.74) is -0.0986. The molecule has 3 fully saturated rings. The maximum Gasteiger partial charge on any atom is 0.155 e. The Morgan fingerprint density at radius 2 is 1.83 bits per heavy atom. The predicted molar refractivity (Wildman–Crippen MR) is 87.7 cm³/mol. The monoisotopic (exact) mass is 316 g/mol. The van der Waals surface area contributed by atoms with Crippen molar-refractivity contribution in [2.75, 3.05) is 0 Å². The maximum absolute atomic E-state index is 12.7. The smallest absolute Gasteiger partial charge is 0.155 e. The average Bonchev–Trinajstić information content (AvgIpc) is 2.73. The Hall–Kier alpha value is -0.960. The van der Waals surface area contributed by atoms with Gasteiger partial charge in [0.05, 0.1) is 5.60 Å². The highest BCUT2D eigenvalue weighted by atomic mass is 16.3. The normalized spacial score (nSPS) is 52.5. The van der Waals surface area contributed by atoms with Gasteiger partial charge < -0.3 is 5.11 Å². The molecule has 4 rings (SSSR count). The lowest BCUT2D eigenvalue weighted by atomic mass is 9.45. The molecule has 0 aliphatic heterocycles. The molecule has 0 amide bonds. The fourth-order valence-corrected chi connectivity index (χ4v) is 6.62. The van der Waals surface area contributed by atoms with Gasteiger partial charge in [0.15, 0.2) is 5.78 Å². The number of aliphatic hydroxyl groups is 1. The Labute approximate surface area is 138 Å². The number of carbonyl (C=O) groups is 2. The summed E-state index contributed by atoms with van der Waals surface area (Å²) in [6.07, 6.45) is 7.37. The Bertz CT molecular complexity index is 620. The number of fused-ring (bicyclic) bond motifs is 5. The Morgan fingerprint density at radius 1 is 1.09 bits per heavy atom. The van der Waals surface area contributed by atoms with E-state index in [0.717, 1.165) is 37.7 Å². The molecule has 0 saturated heterocycles. The van der Waals surface area contributed by atoms with Gasteiger partial charge in [0.2, 0.25) is 0 Å². The van der Waals surface area contributed by atoms with Gasteiger partial charge in [0.25, 0.3) is 0 Å². The van der Waals surface area contributed by atoms with Gasteiger partial charge in [0, 0.05) is 23.2 Å². The Kier molecular flexibility index (Phi) is 3.09. The van der Waals surface area contributed by atoms with Crippen LogP contribution in [0.5, 0.6) is 0 Å². The molecule has 1 unspecified atom stereocenters. The molecule has 126 valence electrons. The molecular weight excluding hydrogens is 288 g/mol. The van der Waals surface area contributed by atoms with E-state index in [2.05, 4.69) is 20.8 Å². The lowest BCUT2D eigenvalue weighted by molar-refractivity contribution is -0.188. The summed E-state index contributed by atoms with van der Waals surface area (Å²) in [4.78, 5) is 24.5. The summed E-state index contributed by atoms with van der Waals surface area (Å²) >= 11 is 0. The average molecular weight is 316 g/mol. The van der Waals surface area contributed by atoms with Gasteiger partial charge in [-0.15, -0.1) is 0 Å². The third kappa shape index (κ3) is 1.75. The third-order valence-corrected chi connectivity index (χ3v) is 8.16.